The number of benzene rings is 1. The Kier molecular flexibility index (Phi) is 4.10. The third-order valence-corrected chi connectivity index (χ3v) is 3.41. The van der Waals surface area contributed by atoms with Gasteiger partial charge in [-0.1, -0.05) is 29.8 Å². The fourth-order valence-corrected chi connectivity index (χ4v) is 2.39. The van der Waals surface area contributed by atoms with E-state index in [2.05, 4.69) is 42.2 Å². The first-order valence-electron chi connectivity index (χ1n) is 6.14. The minimum atomic E-state index is 0. The highest BCUT2D eigenvalue weighted by molar-refractivity contribution is 5.85. The molecule has 0 atom stereocenters. The number of fused-ring (bicyclic) bond motifs is 1. The highest BCUT2D eigenvalue weighted by atomic mass is 35.5. The van der Waals surface area contributed by atoms with Gasteiger partial charge >= 0.3 is 0 Å². The maximum absolute atomic E-state index is 5.44. The summed E-state index contributed by atoms with van der Waals surface area (Å²) in [6.07, 6.45) is 2.84. The Morgan fingerprint density at radius 2 is 1.94 bits per heavy atom. The topological polar surface area (TPSA) is 16.4 Å². The Morgan fingerprint density at radius 3 is 2.72 bits per heavy atom. The minimum Gasteiger partial charge on any atom is -0.469 e. The maximum Gasteiger partial charge on any atom is 0.109 e. The van der Waals surface area contributed by atoms with Gasteiger partial charge in [-0.25, -0.2) is 0 Å². The van der Waals surface area contributed by atoms with Crippen LogP contribution in [0.5, 0.6) is 0 Å². The molecule has 1 aliphatic rings. The number of aryl methyl sites for hydroxylation is 1. The second kappa shape index (κ2) is 5.59. The van der Waals surface area contributed by atoms with Crippen molar-refractivity contribution >= 4 is 12.4 Å². The number of halogens is 1. The lowest BCUT2D eigenvalue weighted by atomic mass is 10.1. The second-order valence-corrected chi connectivity index (χ2v) is 4.82. The zero-order chi connectivity index (χ0) is 11.7. The molecule has 1 aromatic heterocycles. The molecule has 0 saturated heterocycles. The van der Waals surface area contributed by atoms with Crippen LogP contribution in [-0.4, -0.2) is 11.4 Å². The number of furan rings is 1. The predicted octanol–water partition coefficient (Wildman–Crippen LogP) is 3.57. The quantitative estimate of drug-likeness (QED) is 0.824. The van der Waals surface area contributed by atoms with Crippen LogP contribution in [0, 0.1) is 6.92 Å². The molecule has 2 heterocycles. The normalized spacial score (nSPS) is 14.9. The van der Waals surface area contributed by atoms with Crippen LogP contribution in [0.15, 0.2) is 41.0 Å². The summed E-state index contributed by atoms with van der Waals surface area (Å²) in [4.78, 5) is 2.47. The van der Waals surface area contributed by atoms with E-state index < -0.39 is 0 Å². The van der Waals surface area contributed by atoms with E-state index in [1.165, 1.54) is 22.5 Å². The highest BCUT2D eigenvalue weighted by Gasteiger charge is 2.18. The molecule has 0 spiro atoms. The third-order valence-electron chi connectivity index (χ3n) is 3.41. The lowest BCUT2D eigenvalue weighted by Gasteiger charge is -2.26. The summed E-state index contributed by atoms with van der Waals surface area (Å²) in [6.45, 7) is 5.27. The van der Waals surface area contributed by atoms with E-state index in [0.29, 0.717) is 0 Å². The highest BCUT2D eigenvalue weighted by Crippen LogP contribution is 2.21. The summed E-state index contributed by atoms with van der Waals surface area (Å²) in [5.41, 5.74) is 4.07. The Bertz CT molecular complexity index is 503. The van der Waals surface area contributed by atoms with Crippen LogP contribution < -0.4 is 0 Å². The average Bonchev–Trinajstić information content (AvgIpc) is 2.79. The van der Waals surface area contributed by atoms with Crippen LogP contribution in [-0.2, 0) is 19.5 Å². The zero-order valence-electron chi connectivity index (χ0n) is 10.6. The van der Waals surface area contributed by atoms with Crippen molar-refractivity contribution in [1.29, 1.82) is 0 Å². The molecular weight excluding hydrogens is 246 g/mol. The number of hydrogen-bond acceptors (Lipinski definition) is 2. The lowest BCUT2D eigenvalue weighted by molar-refractivity contribution is 0.234. The van der Waals surface area contributed by atoms with Crippen LogP contribution >= 0.6 is 12.4 Å². The van der Waals surface area contributed by atoms with Crippen molar-refractivity contribution in [3.63, 3.8) is 0 Å². The van der Waals surface area contributed by atoms with Crippen LogP contribution in [0.4, 0.5) is 0 Å². The monoisotopic (exact) mass is 263 g/mol. The van der Waals surface area contributed by atoms with Gasteiger partial charge in [-0.15, -0.1) is 12.4 Å². The van der Waals surface area contributed by atoms with E-state index in [9.17, 15) is 0 Å². The number of hydrogen-bond donors (Lipinski definition) is 0. The van der Waals surface area contributed by atoms with Gasteiger partial charge in [-0.2, -0.15) is 0 Å². The molecule has 0 amide bonds. The van der Waals surface area contributed by atoms with Crippen LogP contribution in [0.2, 0.25) is 0 Å². The van der Waals surface area contributed by atoms with Crippen molar-refractivity contribution in [2.45, 2.75) is 26.4 Å². The number of nitrogens with zero attached hydrogens (tertiary/aromatic N) is 1. The lowest BCUT2D eigenvalue weighted by Crippen LogP contribution is -2.29. The Balaban J connectivity index is 0.00000120. The molecule has 0 aliphatic carbocycles. The molecule has 0 saturated carbocycles. The van der Waals surface area contributed by atoms with Crippen LogP contribution in [0.1, 0.15) is 22.5 Å². The average molecular weight is 264 g/mol. The summed E-state index contributed by atoms with van der Waals surface area (Å²) < 4.78 is 5.44. The van der Waals surface area contributed by atoms with E-state index in [1.807, 2.05) is 0 Å². The van der Waals surface area contributed by atoms with Crippen LogP contribution in [0.25, 0.3) is 0 Å². The van der Waals surface area contributed by atoms with Gasteiger partial charge < -0.3 is 4.42 Å². The standard InChI is InChI=1S/C15H17NO.ClH/c1-12-2-4-13(5-3-12)10-16-8-6-15-14(11-16)7-9-17-15;/h2-5,7,9H,6,8,10-11H2,1H3;1H. The third kappa shape index (κ3) is 2.77. The molecule has 0 unspecified atom stereocenters. The van der Waals surface area contributed by atoms with Gasteiger partial charge in [0.25, 0.3) is 0 Å². The fourth-order valence-electron chi connectivity index (χ4n) is 2.39. The van der Waals surface area contributed by atoms with Gasteiger partial charge in [0.1, 0.15) is 5.76 Å². The van der Waals surface area contributed by atoms with Crippen molar-refractivity contribution in [2.24, 2.45) is 0 Å². The fraction of sp³-hybridized carbons (Fsp3) is 0.333. The van der Waals surface area contributed by atoms with E-state index in [1.54, 1.807) is 6.26 Å². The smallest absolute Gasteiger partial charge is 0.109 e. The van der Waals surface area contributed by atoms with Crippen molar-refractivity contribution in [1.82, 2.24) is 4.90 Å². The van der Waals surface area contributed by atoms with E-state index in [-0.39, 0.29) is 12.4 Å². The second-order valence-electron chi connectivity index (χ2n) is 4.82. The molecule has 0 fully saturated rings. The molecule has 3 heteroatoms. The first kappa shape index (κ1) is 13.2. The van der Waals surface area contributed by atoms with Crippen molar-refractivity contribution in [3.05, 3.63) is 59.0 Å². The first-order chi connectivity index (χ1) is 8.31. The van der Waals surface area contributed by atoms with E-state index in [4.69, 9.17) is 4.42 Å². The summed E-state index contributed by atoms with van der Waals surface area (Å²) in [7, 11) is 0. The Morgan fingerprint density at radius 1 is 1.17 bits per heavy atom. The molecule has 96 valence electrons. The van der Waals surface area contributed by atoms with E-state index in [0.717, 1.165) is 26.1 Å². The summed E-state index contributed by atoms with van der Waals surface area (Å²) in [6, 6.07) is 10.9. The van der Waals surface area contributed by atoms with Crippen molar-refractivity contribution in [3.8, 4) is 0 Å². The van der Waals surface area contributed by atoms with Gasteiger partial charge in [0.2, 0.25) is 0 Å². The van der Waals surface area contributed by atoms with Gasteiger partial charge in [0.05, 0.1) is 6.26 Å². The van der Waals surface area contributed by atoms with Gasteiger partial charge in [-0.3, -0.25) is 4.90 Å². The number of rotatable bonds is 2. The summed E-state index contributed by atoms with van der Waals surface area (Å²) in [5.74, 6) is 1.17. The molecule has 2 nitrogen and oxygen atoms in total. The summed E-state index contributed by atoms with van der Waals surface area (Å²) >= 11 is 0. The molecule has 0 radical (unpaired) electrons. The molecule has 3 rings (SSSR count). The van der Waals surface area contributed by atoms with Gasteiger partial charge in [0.15, 0.2) is 0 Å². The molecule has 1 aliphatic heterocycles. The summed E-state index contributed by atoms with van der Waals surface area (Å²) in [5, 5.41) is 0. The van der Waals surface area contributed by atoms with Crippen molar-refractivity contribution in [2.75, 3.05) is 6.54 Å². The van der Waals surface area contributed by atoms with Gasteiger partial charge in [-0.05, 0) is 18.6 Å². The SMILES string of the molecule is Cc1ccc(CN2CCc3occc3C2)cc1.Cl. The Labute approximate surface area is 114 Å². The maximum atomic E-state index is 5.44. The largest absolute Gasteiger partial charge is 0.469 e. The van der Waals surface area contributed by atoms with E-state index >= 15 is 0 Å². The molecular formula is C15H18ClNO. The molecule has 1 aromatic carbocycles. The Hall–Kier alpha value is -1.25. The van der Waals surface area contributed by atoms with Crippen LogP contribution in [0.3, 0.4) is 0 Å². The predicted molar refractivity (Wildman–Crippen MR) is 75.0 cm³/mol. The first-order valence-corrected chi connectivity index (χ1v) is 6.14. The van der Waals surface area contributed by atoms with Gasteiger partial charge in [0, 0.05) is 31.6 Å². The molecule has 0 N–H and O–H groups in total. The van der Waals surface area contributed by atoms with Crippen molar-refractivity contribution < 1.29 is 4.42 Å². The zero-order valence-corrected chi connectivity index (χ0v) is 11.4. The molecule has 18 heavy (non-hydrogen) atoms. The molecule has 2 aromatic rings. The minimum absolute atomic E-state index is 0. The molecule has 0 bridgehead atoms.